The van der Waals surface area contributed by atoms with Gasteiger partial charge in [-0.05, 0) is 0 Å². The second-order valence-electron chi connectivity index (χ2n) is 1.37. The predicted molar refractivity (Wildman–Crippen MR) is 35.4 cm³/mol. The van der Waals surface area contributed by atoms with E-state index in [1.165, 1.54) is 0 Å². The Hall–Kier alpha value is -0.351. The van der Waals surface area contributed by atoms with Crippen molar-refractivity contribution in [3.8, 4) is 0 Å². The molecule has 0 radical (unpaired) electrons. The third kappa shape index (κ3) is 5.65. The zero-order valence-corrected chi connectivity index (χ0v) is 5.02. The average Bonchev–Trinajstić information content (AvgIpc) is 1.69. The standard InChI is InChI=1S/2C3H5.Be/c2*1-3-2;/h2*1,3H,2H3;. The van der Waals surface area contributed by atoms with Crippen LogP contribution in [-0.2, 0) is 0 Å². The Morgan fingerprint density at radius 2 is 1.43 bits per heavy atom. The van der Waals surface area contributed by atoms with Crippen LogP contribution in [0.5, 0.6) is 0 Å². The van der Waals surface area contributed by atoms with Gasteiger partial charge >= 0.3 is 46.4 Å². The summed E-state index contributed by atoms with van der Waals surface area (Å²) in [5.41, 5.74) is 0. The molecule has 0 bridgehead atoms. The van der Waals surface area contributed by atoms with Crippen LogP contribution < -0.4 is 0 Å². The van der Waals surface area contributed by atoms with Crippen molar-refractivity contribution in [3.05, 3.63) is 23.7 Å². The van der Waals surface area contributed by atoms with Crippen molar-refractivity contribution >= 4 is 8.78 Å². The Morgan fingerprint density at radius 1 is 1.00 bits per heavy atom. The van der Waals surface area contributed by atoms with Crippen LogP contribution in [0.25, 0.3) is 0 Å². The third-order valence-electron chi connectivity index (χ3n) is 0.744. The van der Waals surface area contributed by atoms with Gasteiger partial charge < -0.3 is 0 Å². The Kier molecular flexibility index (Phi) is 5.37. The van der Waals surface area contributed by atoms with E-state index in [1.54, 1.807) is 0 Å². The van der Waals surface area contributed by atoms with Crippen LogP contribution in [0, 0.1) is 0 Å². The normalized spacial score (nSPS) is 10.6. The van der Waals surface area contributed by atoms with E-state index in [0.717, 1.165) is 8.78 Å². The zero-order chi connectivity index (χ0) is 5.54. The van der Waals surface area contributed by atoms with Gasteiger partial charge in [-0.2, -0.15) is 0 Å². The van der Waals surface area contributed by atoms with Gasteiger partial charge in [0.15, 0.2) is 0 Å². The molecule has 0 unspecified atom stereocenters. The molecule has 0 heterocycles. The first-order valence-electron chi connectivity index (χ1n) is 2.64. The van der Waals surface area contributed by atoms with Gasteiger partial charge in [0.05, 0.1) is 0 Å². The summed E-state index contributed by atoms with van der Waals surface area (Å²) in [6.45, 7) is 4.06. The first-order valence-corrected chi connectivity index (χ1v) is 2.64. The maximum atomic E-state index is 2.12. The fraction of sp³-hybridized carbons (Fsp3) is 0.333. The monoisotopic (exact) mass is 91.1 g/mol. The molecule has 1 heteroatoms. The molecule has 0 saturated carbocycles. The van der Waals surface area contributed by atoms with Gasteiger partial charge in [0, 0.05) is 0 Å². The topological polar surface area (TPSA) is 0 Å². The molecule has 0 aromatic heterocycles. The number of allylic oxidation sites excluding steroid dienone is 2. The summed E-state index contributed by atoms with van der Waals surface area (Å²) in [5, 5.41) is 0. The molecule has 0 aliphatic carbocycles. The minimum atomic E-state index is 1.08. The molecule has 0 aromatic rings. The quantitative estimate of drug-likeness (QED) is 0.454. The van der Waals surface area contributed by atoms with Crippen molar-refractivity contribution in [2.75, 3.05) is 0 Å². The van der Waals surface area contributed by atoms with Crippen LogP contribution in [0.3, 0.4) is 0 Å². The summed E-state index contributed by atoms with van der Waals surface area (Å²) in [6.07, 6.45) is 4.11. The molecule has 0 rings (SSSR count). The Labute approximate surface area is 47.2 Å². The van der Waals surface area contributed by atoms with Crippen LogP contribution in [0.4, 0.5) is 0 Å². The maximum absolute atomic E-state index is 2.12. The van der Waals surface area contributed by atoms with Crippen LogP contribution >= 0.6 is 0 Å². The molecule has 7 heavy (non-hydrogen) atoms. The first kappa shape index (κ1) is 6.65. The summed E-state index contributed by atoms with van der Waals surface area (Å²) in [7, 11) is 1.08. The average molecular weight is 91.2 g/mol. The molecule has 0 atom stereocenters. The molecule has 0 aromatic carbocycles. The second kappa shape index (κ2) is 5.65. The number of rotatable bonds is 2. The van der Waals surface area contributed by atoms with E-state index in [1.807, 2.05) is 13.8 Å². The van der Waals surface area contributed by atoms with E-state index in [4.69, 9.17) is 0 Å². The molecule has 0 fully saturated rings. The van der Waals surface area contributed by atoms with Crippen molar-refractivity contribution in [1.29, 1.82) is 0 Å². The second-order valence-corrected chi connectivity index (χ2v) is 1.37. The van der Waals surface area contributed by atoms with Gasteiger partial charge in [-0.3, -0.25) is 0 Å². The van der Waals surface area contributed by atoms with Gasteiger partial charge in [0.25, 0.3) is 0 Å². The summed E-state index contributed by atoms with van der Waals surface area (Å²) < 4.78 is 0. The van der Waals surface area contributed by atoms with Gasteiger partial charge in [0.2, 0.25) is 0 Å². The molecule has 0 amide bonds. The van der Waals surface area contributed by atoms with E-state index in [0.29, 0.717) is 0 Å². The molecule has 0 spiro atoms. The fourth-order valence-electron chi connectivity index (χ4n) is 0.351. The van der Waals surface area contributed by atoms with E-state index in [-0.39, 0.29) is 0 Å². The van der Waals surface area contributed by atoms with Gasteiger partial charge in [-0.15, -0.1) is 0 Å². The summed E-state index contributed by atoms with van der Waals surface area (Å²) in [6, 6.07) is 0. The molecular weight excluding hydrogens is 81.1 g/mol. The molecular formula is C6H10Be. The van der Waals surface area contributed by atoms with Crippen LogP contribution in [-0.4, -0.2) is 8.78 Å². The Morgan fingerprint density at radius 3 is 1.71 bits per heavy atom. The SMILES string of the molecule is C/C=[CH]\[Be]/[CH]=C\C. The van der Waals surface area contributed by atoms with Crippen molar-refractivity contribution in [2.45, 2.75) is 13.8 Å². The minimum absolute atomic E-state index is 1.08. The first-order chi connectivity index (χ1) is 3.41. The summed E-state index contributed by atoms with van der Waals surface area (Å²) in [5.74, 6) is 4.25. The van der Waals surface area contributed by atoms with Crippen LogP contribution in [0.2, 0.25) is 0 Å². The summed E-state index contributed by atoms with van der Waals surface area (Å²) >= 11 is 0. The van der Waals surface area contributed by atoms with E-state index in [9.17, 15) is 0 Å². The van der Waals surface area contributed by atoms with Crippen LogP contribution in [0.15, 0.2) is 23.7 Å². The molecule has 0 aliphatic heterocycles. The van der Waals surface area contributed by atoms with Crippen molar-refractivity contribution < 1.29 is 0 Å². The molecule has 36 valence electrons. The molecule has 0 aliphatic rings. The van der Waals surface area contributed by atoms with Crippen molar-refractivity contribution in [3.63, 3.8) is 0 Å². The van der Waals surface area contributed by atoms with Crippen LogP contribution in [0.1, 0.15) is 13.8 Å². The predicted octanol–water partition coefficient (Wildman–Crippen LogP) is 1.76. The van der Waals surface area contributed by atoms with E-state index >= 15 is 0 Å². The van der Waals surface area contributed by atoms with Crippen molar-refractivity contribution in [2.24, 2.45) is 0 Å². The van der Waals surface area contributed by atoms with E-state index < -0.39 is 0 Å². The Balaban J connectivity index is 2.98. The number of hydrogen-bond acceptors (Lipinski definition) is 0. The summed E-state index contributed by atoms with van der Waals surface area (Å²) in [4.78, 5) is 0. The molecule has 0 nitrogen and oxygen atoms in total. The van der Waals surface area contributed by atoms with E-state index in [2.05, 4.69) is 23.7 Å². The Bertz CT molecular complexity index is 62.2. The van der Waals surface area contributed by atoms with Gasteiger partial charge in [-0.25, -0.2) is 0 Å². The zero-order valence-electron chi connectivity index (χ0n) is 5.02. The molecule has 0 N–H and O–H groups in total. The van der Waals surface area contributed by atoms with Gasteiger partial charge in [-0.1, -0.05) is 0 Å². The number of hydrogen-bond donors (Lipinski definition) is 0. The van der Waals surface area contributed by atoms with Gasteiger partial charge in [0.1, 0.15) is 0 Å². The fourth-order valence-corrected chi connectivity index (χ4v) is 0.351. The molecule has 0 saturated heterocycles. The third-order valence-corrected chi connectivity index (χ3v) is 0.744. The van der Waals surface area contributed by atoms with Crippen molar-refractivity contribution in [1.82, 2.24) is 0 Å².